The first-order chi connectivity index (χ1) is 10.6. The van der Waals surface area contributed by atoms with Gasteiger partial charge in [-0.2, -0.15) is 0 Å². The molecule has 1 N–H and O–H groups in total. The van der Waals surface area contributed by atoms with Gasteiger partial charge in [-0.3, -0.25) is 0 Å². The van der Waals surface area contributed by atoms with E-state index in [2.05, 4.69) is 28.5 Å². The van der Waals surface area contributed by atoms with E-state index in [1.807, 2.05) is 20.0 Å². The van der Waals surface area contributed by atoms with E-state index in [0.29, 0.717) is 11.3 Å². The number of aryl methyl sites for hydroxylation is 2. The molecule has 0 spiro atoms. The van der Waals surface area contributed by atoms with Crippen LogP contribution >= 0.6 is 23.1 Å². The standard InChI is InChI=1S/C15H15N3O2S2/c1-8-4-11-10(6-13(19)20-12(11)5-9(8)2)7-21-15-18-17-14(16-3)22-15/h4-6H,7H2,1-3H3,(H,16,17). The van der Waals surface area contributed by atoms with Gasteiger partial charge < -0.3 is 9.73 Å². The van der Waals surface area contributed by atoms with Gasteiger partial charge in [-0.15, -0.1) is 10.2 Å². The van der Waals surface area contributed by atoms with Gasteiger partial charge in [-0.25, -0.2) is 4.79 Å². The highest BCUT2D eigenvalue weighted by Crippen LogP contribution is 2.30. The molecule has 1 aromatic carbocycles. The summed E-state index contributed by atoms with van der Waals surface area (Å²) < 4.78 is 6.18. The largest absolute Gasteiger partial charge is 0.423 e. The second-order valence-electron chi connectivity index (χ2n) is 4.94. The van der Waals surface area contributed by atoms with Gasteiger partial charge in [0.15, 0.2) is 4.34 Å². The molecule has 0 radical (unpaired) electrons. The minimum Gasteiger partial charge on any atom is -0.423 e. The Morgan fingerprint density at radius 1 is 1.23 bits per heavy atom. The molecule has 0 saturated carbocycles. The van der Waals surface area contributed by atoms with Crippen molar-refractivity contribution in [2.24, 2.45) is 0 Å². The molecular weight excluding hydrogens is 318 g/mol. The molecule has 0 amide bonds. The van der Waals surface area contributed by atoms with Crippen molar-refractivity contribution in [3.05, 3.63) is 45.3 Å². The van der Waals surface area contributed by atoms with E-state index in [9.17, 15) is 4.79 Å². The minimum absolute atomic E-state index is 0.320. The highest BCUT2D eigenvalue weighted by molar-refractivity contribution is 8.00. The third kappa shape index (κ3) is 3.00. The molecule has 2 aromatic heterocycles. The van der Waals surface area contributed by atoms with Crippen LogP contribution in [-0.4, -0.2) is 17.2 Å². The van der Waals surface area contributed by atoms with Gasteiger partial charge in [-0.05, 0) is 42.7 Å². The van der Waals surface area contributed by atoms with E-state index >= 15 is 0 Å². The lowest BCUT2D eigenvalue weighted by molar-refractivity contribution is 0.559. The first-order valence-electron chi connectivity index (χ1n) is 6.75. The molecule has 3 rings (SSSR count). The van der Waals surface area contributed by atoms with Crippen molar-refractivity contribution in [1.29, 1.82) is 0 Å². The van der Waals surface area contributed by atoms with Crippen LogP contribution in [0.1, 0.15) is 16.7 Å². The van der Waals surface area contributed by atoms with Crippen LogP contribution in [-0.2, 0) is 5.75 Å². The summed E-state index contributed by atoms with van der Waals surface area (Å²) >= 11 is 3.06. The number of rotatable bonds is 4. The van der Waals surface area contributed by atoms with Gasteiger partial charge in [0.05, 0.1) is 0 Å². The average Bonchev–Trinajstić information content (AvgIpc) is 2.94. The Morgan fingerprint density at radius 2 is 2.00 bits per heavy atom. The lowest BCUT2D eigenvalue weighted by Crippen LogP contribution is -2.00. The summed E-state index contributed by atoms with van der Waals surface area (Å²) in [6.07, 6.45) is 0. The summed E-state index contributed by atoms with van der Waals surface area (Å²) in [5.74, 6) is 0.656. The summed E-state index contributed by atoms with van der Waals surface area (Å²) in [5, 5.41) is 12.8. The Balaban J connectivity index is 1.95. The molecule has 0 unspecified atom stereocenters. The monoisotopic (exact) mass is 333 g/mol. The molecule has 0 aliphatic heterocycles. The van der Waals surface area contributed by atoms with Crippen LogP contribution in [0, 0.1) is 13.8 Å². The van der Waals surface area contributed by atoms with E-state index < -0.39 is 0 Å². The quantitative estimate of drug-likeness (QED) is 0.581. The summed E-state index contributed by atoms with van der Waals surface area (Å²) in [4.78, 5) is 11.8. The fourth-order valence-electron chi connectivity index (χ4n) is 2.11. The van der Waals surface area contributed by atoms with Gasteiger partial charge in [0, 0.05) is 24.3 Å². The number of hydrogen-bond donors (Lipinski definition) is 1. The maximum atomic E-state index is 11.8. The number of hydrogen-bond acceptors (Lipinski definition) is 7. The molecule has 0 aliphatic rings. The van der Waals surface area contributed by atoms with E-state index in [0.717, 1.165) is 26.0 Å². The third-order valence-electron chi connectivity index (χ3n) is 3.42. The van der Waals surface area contributed by atoms with Gasteiger partial charge in [0.1, 0.15) is 5.58 Å². The molecule has 3 aromatic rings. The SMILES string of the molecule is CNc1nnc(SCc2cc(=O)oc3cc(C)c(C)cc23)s1. The molecule has 0 bridgehead atoms. The second-order valence-corrected chi connectivity index (χ2v) is 7.14. The lowest BCUT2D eigenvalue weighted by atomic mass is 10.0. The first kappa shape index (κ1) is 15.1. The molecule has 22 heavy (non-hydrogen) atoms. The molecule has 0 aliphatic carbocycles. The molecule has 0 saturated heterocycles. The van der Waals surface area contributed by atoms with Crippen LogP contribution in [0.25, 0.3) is 11.0 Å². The molecular formula is C15H15N3O2S2. The summed E-state index contributed by atoms with van der Waals surface area (Å²) in [6, 6.07) is 5.55. The highest BCUT2D eigenvalue weighted by Gasteiger charge is 2.10. The van der Waals surface area contributed by atoms with E-state index in [-0.39, 0.29) is 5.63 Å². The normalized spacial score (nSPS) is 11.0. The maximum Gasteiger partial charge on any atom is 0.336 e. The average molecular weight is 333 g/mol. The van der Waals surface area contributed by atoms with Crippen LogP contribution in [0.15, 0.2) is 31.8 Å². The van der Waals surface area contributed by atoms with Crippen LogP contribution in [0.2, 0.25) is 0 Å². The number of fused-ring (bicyclic) bond motifs is 1. The molecule has 5 nitrogen and oxygen atoms in total. The Morgan fingerprint density at radius 3 is 2.73 bits per heavy atom. The van der Waals surface area contributed by atoms with Gasteiger partial charge in [0.2, 0.25) is 5.13 Å². The van der Waals surface area contributed by atoms with E-state index in [4.69, 9.17) is 4.42 Å². The van der Waals surface area contributed by atoms with Gasteiger partial charge in [-0.1, -0.05) is 23.1 Å². The van der Waals surface area contributed by atoms with Crippen molar-refractivity contribution in [3.8, 4) is 0 Å². The number of benzene rings is 1. The predicted octanol–water partition coefficient (Wildman–Crippen LogP) is 3.60. The lowest BCUT2D eigenvalue weighted by Gasteiger charge is -2.07. The molecule has 7 heteroatoms. The zero-order chi connectivity index (χ0) is 15.7. The topological polar surface area (TPSA) is 68.0 Å². The van der Waals surface area contributed by atoms with E-state index in [1.165, 1.54) is 16.9 Å². The third-order valence-corrected chi connectivity index (χ3v) is 5.54. The minimum atomic E-state index is -0.320. The maximum absolute atomic E-state index is 11.8. The number of nitrogens with zero attached hydrogens (tertiary/aromatic N) is 2. The fourth-order valence-corrected chi connectivity index (χ4v) is 3.81. The smallest absolute Gasteiger partial charge is 0.336 e. The van der Waals surface area contributed by atoms with Crippen molar-refractivity contribution in [1.82, 2.24) is 10.2 Å². The van der Waals surface area contributed by atoms with Crippen molar-refractivity contribution in [3.63, 3.8) is 0 Å². The zero-order valence-electron chi connectivity index (χ0n) is 12.5. The Hall–Kier alpha value is -1.86. The number of anilines is 1. The van der Waals surface area contributed by atoms with Crippen molar-refractivity contribution < 1.29 is 4.42 Å². The summed E-state index contributed by atoms with van der Waals surface area (Å²) in [6.45, 7) is 4.07. The Kier molecular flexibility index (Phi) is 4.17. The Labute approximate surface area is 135 Å². The van der Waals surface area contributed by atoms with Crippen LogP contribution in [0.5, 0.6) is 0 Å². The van der Waals surface area contributed by atoms with Crippen LogP contribution in [0.4, 0.5) is 5.13 Å². The van der Waals surface area contributed by atoms with Crippen molar-refractivity contribution in [2.45, 2.75) is 23.9 Å². The summed E-state index contributed by atoms with van der Waals surface area (Å²) in [7, 11) is 1.82. The number of thioether (sulfide) groups is 1. The molecule has 0 atom stereocenters. The second kappa shape index (κ2) is 6.10. The highest BCUT2D eigenvalue weighted by atomic mass is 32.2. The predicted molar refractivity (Wildman–Crippen MR) is 91.0 cm³/mol. The fraction of sp³-hybridized carbons (Fsp3) is 0.267. The van der Waals surface area contributed by atoms with Crippen molar-refractivity contribution in [2.75, 3.05) is 12.4 Å². The number of aromatic nitrogens is 2. The molecule has 2 heterocycles. The van der Waals surface area contributed by atoms with Gasteiger partial charge in [0.25, 0.3) is 0 Å². The van der Waals surface area contributed by atoms with Crippen molar-refractivity contribution >= 4 is 39.2 Å². The van der Waals surface area contributed by atoms with E-state index in [1.54, 1.807) is 17.8 Å². The zero-order valence-corrected chi connectivity index (χ0v) is 14.1. The van der Waals surface area contributed by atoms with Crippen LogP contribution in [0.3, 0.4) is 0 Å². The molecule has 114 valence electrons. The Bertz CT molecular complexity index is 886. The number of nitrogens with one attached hydrogen (secondary N) is 1. The molecule has 0 fully saturated rings. The first-order valence-corrected chi connectivity index (χ1v) is 8.55. The van der Waals surface area contributed by atoms with Gasteiger partial charge >= 0.3 is 5.63 Å². The summed E-state index contributed by atoms with van der Waals surface area (Å²) in [5.41, 5.74) is 3.57. The van der Waals surface area contributed by atoms with Crippen LogP contribution < -0.4 is 10.9 Å².